The fourth-order valence-corrected chi connectivity index (χ4v) is 1.66. The van der Waals surface area contributed by atoms with E-state index in [-0.39, 0.29) is 24.8 Å². The number of nitrogens with zero attached hydrogens (tertiary/aromatic N) is 3. The summed E-state index contributed by atoms with van der Waals surface area (Å²) in [5.41, 5.74) is 0. The molecule has 0 spiro atoms. The van der Waals surface area contributed by atoms with Crippen LogP contribution in [-0.2, 0) is 14.3 Å². The van der Waals surface area contributed by atoms with Gasteiger partial charge in [0.25, 0.3) is 0 Å². The zero-order valence-corrected chi connectivity index (χ0v) is 8.79. The van der Waals surface area contributed by atoms with Gasteiger partial charge in [-0.05, 0) is 6.07 Å². The average molecular weight is 221 g/mol. The van der Waals surface area contributed by atoms with Crippen molar-refractivity contribution in [1.29, 1.82) is 0 Å². The summed E-state index contributed by atoms with van der Waals surface area (Å²) < 4.78 is 4.61. The standard InChI is InChI=1S/C10H11N3O3/c1-16-9(15)7-5-8(14)13(6-7)10-11-3-2-4-12-10/h2-4,7H,5-6H2,1H3. The summed E-state index contributed by atoms with van der Waals surface area (Å²) in [6.45, 7) is 0.287. The monoisotopic (exact) mass is 221 g/mol. The third-order valence-electron chi connectivity index (χ3n) is 2.45. The van der Waals surface area contributed by atoms with E-state index in [0.717, 1.165) is 0 Å². The van der Waals surface area contributed by atoms with Gasteiger partial charge in [0.1, 0.15) is 0 Å². The third kappa shape index (κ3) is 1.86. The maximum absolute atomic E-state index is 11.6. The van der Waals surface area contributed by atoms with E-state index in [1.807, 2.05) is 0 Å². The lowest BCUT2D eigenvalue weighted by Crippen LogP contribution is -2.27. The summed E-state index contributed by atoms with van der Waals surface area (Å²) in [4.78, 5) is 32.3. The molecule has 16 heavy (non-hydrogen) atoms. The summed E-state index contributed by atoms with van der Waals surface area (Å²) >= 11 is 0. The van der Waals surface area contributed by atoms with Crippen molar-refractivity contribution in [2.45, 2.75) is 6.42 Å². The maximum atomic E-state index is 11.6. The number of hydrogen-bond donors (Lipinski definition) is 0. The van der Waals surface area contributed by atoms with Gasteiger partial charge in [-0.25, -0.2) is 9.97 Å². The Morgan fingerprint density at radius 3 is 2.81 bits per heavy atom. The van der Waals surface area contributed by atoms with Gasteiger partial charge in [0.2, 0.25) is 11.9 Å². The van der Waals surface area contributed by atoms with Crippen molar-refractivity contribution in [3.8, 4) is 0 Å². The molecule has 1 saturated heterocycles. The third-order valence-corrected chi connectivity index (χ3v) is 2.45. The molecular weight excluding hydrogens is 210 g/mol. The lowest BCUT2D eigenvalue weighted by molar-refractivity contribution is -0.145. The molecule has 1 atom stereocenters. The molecule has 1 fully saturated rings. The van der Waals surface area contributed by atoms with Gasteiger partial charge in [-0.3, -0.25) is 14.5 Å². The predicted octanol–water partition coefficient (Wildman–Crippen LogP) is 0.00250. The number of rotatable bonds is 2. The number of methoxy groups -OCH3 is 1. The highest BCUT2D eigenvalue weighted by atomic mass is 16.5. The SMILES string of the molecule is COC(=O)C1CC(=O)N(c2ncccn2)C1. The van der Waals surface area contributed by atoms with E-state index in [9.17, 15) is 9.59 Å². The number of anilines is 1. The van der Waals surface area contributed by atoms with Gasteiger partial charge in [0.15, 0.2) is 0 Å². The molecule has 2 heterocycles. The van der Waals surface area contributed by atoms with Crippen LogP contribution in [0.2, 0.25) is 0 Å². The van der Waals surface area contributed by atoms with E-state index in [1.165, 1.54) is 12.0 Å². The van der Waals surface area contributed by atoms with E-state index < -0.39 is 5.92 Å². The van der Waals surface area contributed by atoms with Gasteiger partial charge in [-0.1, -0.05) is 0 Å². The van der Waals surface area contributed by atoms with E-state index in [4.69, 9.17) is 0 Å². The lowest BCUT2D eigenvalue weighted by atomic mass is 10.1. The lowest BCUT2D eigenvalue weighted by Gasteiger charge is -2.12. The highest BCUT2D eigenvalue weighted by Gasteiger charge is 2.36. The van der Waals surface area contributed by atoms with Crippen LogP contribution < -0.4 is 4.90 Å². The van der Waals surface area contributed by atoms with Gasteiger partial charge in [0, 0.05) is 25.4 Å². The predicted molar refractivity (Wildman–Crippen MR) is 54.5 cm³/mol. The number of esters is 1. The van der Waals surface area contributed by atoms with E-state index in [0.29, 0.717) is 5.95 Å². The molecule has 6 heteroatoms. The number of amides is 1. The molecule has 1 amide bonds. The molecule has 1 aliphatic rings. The number of ether oxygens (including phenoxy) is 1. The Morgan fingerprint density at radius 1 is 1.50 bits per heavy atom. The molecular formula is C10H11N3O3. The topological polar surface area (TPSA) is 72.4 Å². The van der Waals surface area contributed by atoms with Crippen molar-refractivity contribution >= 4 is 17.8 Å². The van der Waals surface area contributed by atoms with Crippen molar-refractivity contribution in [3.63, 3.8) is 0 Å². The van der Waals surface area contributed by atoms with Crippen LogP contribution in [0.5, 0.6) is 0 Å². The summed E-state index contributed by atoms with van der Waals surface area (Å²) in [5.74, 6) is -0.603. The normalized spacial score (nSPS) is 19.9. The second-order valence-electron chi connectivity index (χ2n) is 3.48. The van der Waals surface area contributed by atoms with Crippen LogP contribution in [0.15, 0.2) is 18.5 Å². The summed E-state index contributed by atoms with van der Waals surface area (Å²) in [5, 5.41) is 0. The minimum Gasteiger partial charge on any atom is -0.469 e. The van der Waals surface area contributed by atoms with E-state index in [2.05, 4.69) is 14.7 Å². The van der Waals surface area contributed by atoms with Gasteiger partial charge in [0.05, 0.1) is 13.0 Å². The van der Waals surface area contributed by atoms with Crippen molar-refractivity contribution in [2.24, 2.45) is 5.92 Å². The molecule has 1 aliphatic heterocycles. The molecule has 6 nitrogen and oxygen atoms in total. The Morgan fingerprint density at radius 2 is 2.19 bits per heavy atom. The molecule has 0 saturated carbocycles. The van der Waals surface area contributed by atoms with Gasteiger partial charge in [-0.15, -0.1) is 0 Å². The molecule has 1 unspecified atom stereocenters. The summed E-state index contributed by atoms with van der Waals surface area (Å²) in [7, 11) is 1.31. The second kappa shape index (κ2) is 4.26. The number of carbonyl (C=O) groups is 2. The first-order valence-corrected chi connectivity index (χ1v) is 4.87. The molecule has 0 N–H and O–H groups in total. The van der Waals surface area contributed by atoms with E-state index in [1.54, 1.807) is 18.5 Å². The molecule has 1 aromatic heterocycles. The molecule has 2 rings (SSSR count). The average Bonchev–Trinajstić information content (AvgIpc) is 2.71. The highest BCUT2D eigenvalue weighted by molar-refractivity contribution is 5.98. The van der Waals surface area contributed by atoms with Crippen LogP contribution in [0.25, 0.3) is 0 Å². The largest absolute Gasteiger partial charge is 0.469 e. The van der Waals surface area contributed by atoms with Gasteiger partial charge >= 0.3 is 5.97 Å². The molecule has 0 aliphatic carbocycles. The van der Waals surface area contributed by atoms with Crippen LogP contribution in [0.4, 0.5) is 5.95 Å². The smallest absolute Gasteiger partial charge is 0.311 e. The van der Waals surface area contributed by atoms with Crippen LogP contribution in [-0.4, -0.2) is 35.5 Å². The van der Waals surface area contributed by atoms with Crippen molar-refractivity contribution in [1.82, 2.24) is 9.97 Å². The first kappa shape index (κ1) is 10.5. The Bertz CT molecular complexity index is 407. The summed E-state index contributed by atoms with van der Waals surface area (Å²) in [6, 6.07) is 1.67. The quantitative estimate of drug-likeness (QED) is 0.657. The molecule has 0 bridgehead atoms. The first-order valence-electron chi connectivity index (χ1n) is 4.87. The van der Waals surface area contributed by atoms with Crippen LogP contribution in [0, 0.1) is 5.92 Å². The number of hydrogen-bond acceptors (Lipinski definition) is 5. The fourth-order valence-electron chi connectivity index (χ4n) is 1.66. The Labute approximate surface area is 92.3 Å². The zero-order chi connectivity index (χ0) is 11.5. The second-order valence-corrected chi connectivity index (χ2v) is 3.48. The minimum absolute atomic E-state index is 0.151. The maximum Gasteiger partial charge on any atom is 0.311 e. The minimum atomic E-state index is -0.415. The molecule has 1 aromatic rings. The van der Waals surface area contributed by atoms with Gasteiger partial charge < -0.3 is 4.74 Å². The fraction of sp³-hybridized carbons (Fsp3) is 0.400. The zero-order valence-electron chi connectivity index (χ0n) is 8.79. The van der Waals surface area contributed by atoms with Gasteiger partial charge in [-0.2, -0.15) is 0 Å². The van der Waals surface area contributed by atoms with Crippen molar-refractivity contribution < 1.29 is 14.3 Å². The molecule has 0 aromatic carbocycles. The Kier molecular flexibility index (Phi) is 2.80. The van der Waals surface area contributed by atoms with E-state index >= 15 is 0 Å². The van der Waals surface area contributed by atoms with Crippen molar-refractivity contribution in [3.05, 3.63) is 18.5 Å². The van der Waals surface area contributed by atoms with Crippen LogP contribution in [0.1, 0.15) is 6.42 Å². The summed E-state index contributed by atoms with van der Waals surface area (Å²) in [6.07, 6.45) is 3.27. The Balaban J connectivity index is 2.14. The van der Waals surface area contributed by atoms with Crippen LogP contribution >= 0.6 is 0 Å². The number of carbonyl (C=O) groups excluding carboxylic acids is 2. The molecule has 0 radical (unpaired) electrons. The molecule has 84 valence electrons. The first-order chi connectivity index (χ1) is 7.72. The number of aromatic nitrogens is 2. The van der Waals surface area contributed by atoms with Crippen molar-refractivity contribution in [2.75, 3.05) is 18.6 Å². The van der Waals surface area contributed by atoms with Crippen LogP contribution in [0.3, 0.4) is 0 Å². The highest BCUT2D eigenvalue weighted by Crippen LogP contribution is 2.22. The Hall–Kier alpha value is -1.98.